The highest BCUT2D eigenvalue weighted by molar-refractivity contribution is 7.88. The predicted molar refractivity (Wildman–Crippen MR) is 99.9 cm³/mol. The van der Waals surface area contributed by atoms with Crippen molar-refractivity contribution in [3.05, 3.63) is 70.7 Å². The SMILES string of the molecule is CS(=O)(=O)NC(CC(=O)NCCc1ccccc1)c1ccc(Cl)cc1. The van der Waals surface area contributed by atoms with E-state index in [0.29, 0.717) is 17.1 Å². The molecule has 0 saturated heterocycles. The van der Waals surface area contributed by atoms with Crippen LogP contribution in [0.15, 0.2) is 54.6 Å². The van der Waals surface area contributed by atoms with Crippen LogP contribution in [0.1, 0.15) is 23.6 Å². The van der Waals surface area contributed by atoms with Crippen LogP contribution < -0.4 is 10.0 Å². The molecule has 2 rings (SSSR count). The van der Waals surface area contributed by atoms with Gasteiger partial charge >= 0.3 is 0 Å². The second kappa shape index (κ2) is 8.99. The van der Waals surface area contributed by atoms with Gasteiger partial charge in [0.2, 0.25) is 15.9 Å². The van der Waals surface area contributed by atoms with E-state index in [1.54, 1.807) is 24.3 Å². The maximum absolute atomic E-state index is 12.2. The molecule has 5 nitrogen and oxygen atoms in total. The van der Waals surface area contributed by atoms with Gasteiger partial charge in [0.15, 0.2) is 0 Å². The van der Waals surface area contributed by atoms with Crippen LogP contribution in [-0.4, -0.2) is 27.1 Å². The van der Waals surface area contributed by atoms with Crippen LogP contribution >= 0.6 is 11.6 Å². The molecule has 1 unspecified atom stereocenters. The Kier molecular flexibility index (Phi) is 6.99. The summed E-state index contributed by atoms with van der Waals surface area (Å²) in [6, 6.07) is 15.9. The summed E-state index contributed by atoms with van der Waals surface area (Å²) in [7, 11) is -3.45. The van der Waals surface area contributed by atoms with Crippen LogP contribution in [0.3, 0.4) is 0 Å². The minimum absolute atomic E-state index is 0.0174. The van der Waals surface area contributed by atoms with Crippen LogP contribution in [0.2, 0.25) is 5.02 Å². The van der Waals surface area contributed by atoms with Gasteiger partial charge in [-0.3, -0.25) is 4.79 Å². The quantitative estimate of drug-likeness (QED) is 0.739. The number of nitrogens with one attached hydrogen (secondary N) is 2. The molecule has 2 aromatic carbocycles. The molecule has 2 N–H and O–H groups in total. The van der Waals surface area contributed by atoms with E-state index in [0.717, 1.165) is 18.2 Å². The number of carbonyl (C=O) groups excluding carboxylic acids is 1. The Hall–Kier alpha value is -1.89. The van der Waals surface area contributed by atoms with Crippen LogP contribution in [0.25, 0.3) is 0 Å². The van der Waals surface area contributed by atoms with E-state index in [1.807, 2.05) is 30.3 Å². The average Bonchev–Trinajstić information content (AvgIpc) is 2.54. The maximum atomic E-state index is 12.2. The molecule has 0 aliphatic heterocycles. The largest absolute Gasteiger partial charge is 0.356 e. The van der Waals surface area contributed by atoms with E-state index >= 15 is 0 Å². The molecule has 1 atom stereocenters. The van der Waals surface area contributed by atoms with E-state index in [9.17, 15) is 13.2 Å². The summed E-state index contributed by atoms with van der Waals surface area (Å²) in [6.07, 6.45) is 1.81. The molecule has 7 heteroatoms. The van der Waals surface area contributed by atoms with Gasteiger partial charge in [-0.15, -0.1) is 0 Å². The van der Waals surface area contributed by atoms with Gasteiger partial charge in [0.25, 0.3) is 0 Å². The minimum Gasteiger partial charge on any atom is -0.356 e. The van der Waals surface area contributed by atoms with E-state index in [-0.39, 0.29) is 12.3 Å². The normalized spacial score (nSPS) is 12.6. The van der Waals surface area contributed by atoms with Crippen molar-refractivity contribution >= 4 is 27.5 Å². The van der Waals surface area contributed by atoms with Crippen LogP contribution in [0.5, 0.6) is 0 Å². The topological polar surface area (TPSA) is 75.3 Å². The molecule has 134 valence electrons. The van der Waals surface area contributed by atoms with Gasteiger partial charge in [-0.2, -0.15) is 0 Å². The lowest BCUT2D eigenvalue weighted by molar-refractivity contribution is -0.121. The molecular weight excluding hydrogens is 360 g/mol. The smallest absolute Gasteiger partial charge is 0.221 e. The average molecular weight is 381 g/mol. The van der Waals surface area contributed by atoms with Crippen LogP contribution in [0, 0.1) is 0 Å². The molecule has 25 heavy (non-hydrogen) atoms. The number of amides is 1. The molecule has 0 fully saturated rings. The highest BCUT2D eigenvalue weighted by Crippen LogP contribution is 2.20. The summed E-state index contributed by atoms with van der Waals surface area (Å²) in [5, 5.41) is 3.38. The Morgan fingerprint density at radius 2 is 1.72 bits per heavy atom. The molecule has 2 aromatic rings. The van der Waals surface area contributed by atoms with E-state index in [2.05, 4.69) is 10.0 Å². The van der Waals surface area contributed by atoms with E-state index in [4.69, 9.17) is 11.6 Å². The number of hydrogen-bond acceptors (Lipinski definition) is 3. The summed E-state index contributed by atoms with van der Waals surface area (Å²) in [5.74, 6) is -0.216. The van der Waals surface area contributed by atoms with Gasteiger partial charge in [-0.05, 0) is 29.7 Å². The highest BCUT2D eigenvalue weighted by atomic mass is 35.5. The molecule has 0 heterocycles. The van der Waals surface area contributed by atoms with Gasteiger partial charge < -0.3 is 5.32 Å². The number of rotatable bonds is 8. The zero-order chi connectivity index (χ0) is 18.3. The molecular formula is C18H21ClN2O3S. The Balaban J connectivity index is 1.95. The first-order valence-corrected chi connectivity index (χ1v) is 10.1. The first-order valence-electron chi connectivity index (χ1n) is 7.87. The van der Waals surface area contributed by atoms with Crippen LogP contribution in [-0.2, 0) is 21.2 Å². The lowest BCUT2D eigenvalue weighted by atomic mass is 10.0. The molecule has 0 bridgehead atoms. The van der Waals surface area contributed by atoms with E-state index in [1.165, 1.54) is 0 Å². The van der Waals surface area contributed by atoms with Crippen molar-refractivity contribution in [2.45, 2.75) is 18.9 Å². The number of carbonyl (C=O) groups is 1. The summed E-state index contributed by atoms with van der Waals surface area (Å²) in [6.45, 7) is 0.495. The number of halogens is 1. The van der Waals surface area contributed by atoms with Crippen molar-refractivity contribution in [2.75, 3.05) is 12.8 Å². The molecule has 0 radical (unpaired) electrons. The summed E-state index contributed by atoms with van der Waals surface area (Å²) < 4.78 is 25.7. The Labute approximate surface area is 153 Å². The first kappa shape index (κ1) is 19.4. The predicted octanol–water partition coefficient (Wildman–Crippen LogP) is 2.68. The zero-order valence-electron chi connectivity index (χ0n) is 13.9. The van der Waals surface area contributed by atoms with E-state index < -0.39 is 16.1 Å². The van der Waals surface area contributed by atoms with Gasteiger partial charge in [0.1, 0.15) is 0 Å². The lowest BCUT2D eigenvalue weighted by Gasteiger charge is -2.18. The Morgan fingerprint density at radius 1 is 1.08 bits per heavy atom. The highest BCUT2D eigenvalue weighted by Gasteiger charge is 2.19. The number of sulfonamides is 1. The fraction of sp³-hybridized carbons (Fsp3) is 0.278. The maximum Gasteiger partial charge on any atom is 0.221 e. The Morgan fingerprint density at radius 3 is 2.32 bits per heavy atom. The lowest BCUT2D eigenvalue weighted by Crippen LogP contribution is -2.34. The standard InChI is InChI=1S/C18H21ClN2O3S/c1-25(23,24)21-17(15-7-9-16(19)10-8-15)13-18(22)20-12-11-14-5-3-2-4-6-14/h2-10,17,21H,11-13H2,1H3,(H,20,22). The Bertz CT molecular complexity index is 793. The minimum atomic E-state index is -3.45. The number of benzene rings is 2. The summed E-state index contributed by atoms with van der Waals surface area (Å²) in [5.41, 5.74) is 1.82. The molecule has 1 amide bonds. The van der Waals surface area contributed by atoms with Crippen molar-refractivity contribution in [2.24, 2.45) is 0 Å². The van der Waals surface area contributed by atoms with Gasteiger partial charge in [-0.1, -0.05) is 54.1 Å². The monoisotopic (exact) mass is 380 g/mol. The van der Waals surface area contributed by atoms with Crippen molar-refractivity contribution in [3.63, 3.8) is 0 Å². The van der Waals surface area contributed by atoms with Gasteiger partial charge in [-0.25, -0.2) is 13.1 Å². The van der Waals surface area contributed by atoms with Gasteiger partial charge in [0.05, 0.1) is 12.3 Å². The molecule has 0 saturated carbocycles. The van der Waals surface area contributed by atoms with Crippen molar-refractivity contribution < 1.29 is 13.2 Å². The second-order valence-corrected chi connectivity index (χ2v) is 8.00. The third-order valence-electron chi connectivity index (χ3n) is 3.60. The molecule has 0 aliphatic rings. The fourth-order valence-electron chi connectivity index (χ4n) is 2.43. The zero-order valence-corrected chi connectivity index (χ0v) is 15.5. The second-order valence-electron chi connectivity index (χ2n) is 5.78. The molecule has 0 aliphatic carbocycles. The van der Waals surface area contributed by atoms with Crippen molar-refractivity contribution in [3.8, 4) is 0 Å². The molecule has 0 aromatic heterocycles. The summed E-state index contributed by atoms with van der Waals surface area (Å²) >= 11 is 5.86. The van der Waals surface area contributed by atoms with Crippen molar-refractivity contribution in [1.29, 1.82) is 0 Å². The summed E-state index contributed by atoms with van der Waals surface area (Å²) in [4.78, 5) is 12.2. The number of hydrogen-bond donors (Lipinski definition) is 2. The fourth-order valence-corrected chi connectivity index (χ4v) is 3.29. The third kappa shape index (κ3) is 7.25. The van der Waals surface area contributed by atoms with Crippen LogP contribution in [0.4, 0.5) is 0 Å². The first-order chi connectivity index (χ1) is 11.8. The van der Waals surface area contributed by atoms with Gasteiger partial charge in [0, 0.05) is 18.0 Å². The van der Waals surface area contributed by atoms with Crippen molar-refractivity contribution in [1.82, 2.24) is 10.0 Å². The third-order valence-corrected chi connectivity index (χ3v) is 4.56. The molecule has 0 spiro atoms.